The Labute approximate surface area is 156 Å². The summed E-state index contributed by atoms with van der Waals surface area (Å²) < 4.78 is 10.7. The van der Waals surface area contributed by atoms with Crippen LogP contribution in [0.3, 0.4) is 0 Å². The summed E-state index contributed by atoms with van der Waals surface area (Å²) in [6.07, 6.45) is -0.401. The molecule has 0 bridgehead atoms. The number of hydrogen-bond acceptors (Lipinski definition) is 5. The van der Waals surface area contributed by atoms with Gasteiger partial charge in [0.15, 0.2) is 0 Å². The molecule has 2 N–H and O–H groups in total. The Hall–Kier alpha value is -1.05. The fourth-order valence-corrected chi connectivity index (χ4v) is 2.49. The Morgan fingerprint density at radius 3 is 2.79 bits per heavy atom. The number of nitrogens with zero attached hydrogens (tertiary/aromatic N) is 1. The number of morpholine rings is 1. The summed E-state index contributed by atoms with van der Waals surface area (Å²) >= 11 is 0. The van der Waals surface area contributed by atoms with E-state index in [2.05, 4.69) is 15.5 Å². The van der Waals surface area contributed by atoms with E-state index in [-0.39, 0.29) is 36.8 Å². The van der Waals surface area contributed by atoms with Crippen molar-refractivity contribution in [3.05, 3.63) is 29.8 Å². The molecule has 2 unspecified atom stereocenters. The van der Waals surface area contributed by atoms with E-state index in [4.69, 9.17) is 9.47 Å². The summed E-state index contributed by atoms with van der Waals surface area (Å²) in [7, 11) is 5.64. The molecule has 0 aromatic heterocycles. The van der Waals surface area contributed by atoms with Crippen LogP contribution in [-0.2, 0) is 9.53 Å². The zero-order valence-corrected chi connectivity index (χ0v) is 15.9. The lowest BCUT2D eigenvalue weighted by molar-refractivity contribution is -0.134. The molecule has 0 spiro atoms. The molecular weight excluding hydrogens is 353 g/mol. The van der Waals surface area contributed by atoms with Gasteiger partial charge in [-0.2, -0.15) is 0 Å². The molecule has 1 aliphatic heterocycles. The van der Waals surface area contributed by atoms with Gasteiger partial charge in [0.1, 0.15) is 11.9 Å². The first-order valence-corrected chi connectivity index (χ1v) is 7.52. The molecule has 1 aromatic rings. The Morgan fingerprint density at radius 2 is 2.21 bits per heavy atom. The molecule has 1 aromatic carbocycles. The summed E-state index contributed by atoms with van der Waals surface area (Å²) in [6, 6.07) is 7.99. The van der Waals surface area contributed by atoms with Gasteiger partial charge in [-0.15, -0.1) is 24.8 Å². The number of benzene rings is 1. The molecule has 6 nitrogen and oxygen atoms in total. The Morgan fingerprint density at radius 1 is 1.46 bits per heavy atom. The Balaban J connectivity index is 0.00000264. The van der Waals surface area contributed by atoms with Gasteiger partial charge in [0.2, 0.25) is 0 Å². The molecule has 2 rings (SSSR count). The van der Waals surface area contributed by atoms with Crippen LogP contribution in [0.2, 0.25) is 0 Å². The third-order valence-electron chi connectivity index (χ3n) is 3.79. The van der Waals surface area contributed by atoms with Crippen molar-refractivity contribution >= 4 is 30.7 Å². The van der Waals surface area contributed by atoms with E-state index < -0.39 is 6.10 Å². The molecule has 1 aliphatic rings. The van der Waals surface area contributed by atoms with Crippen LogP contribution < -0.4 is 15.4 Å². The highest BCUT2D eigenvalue weighted by molar-refractivity contribution is 5.85. The van der Waals surface area contributed by atoms with Gasteiger partial charge in [0, 0.05) is 19.6 Å². The minimum absolute atomic E-state index is 0. The molecule has 8 heteroatoms. The molecule has 1 heterocycles. The van der Waals surface area contributed by atoms with Crippen molar-refractivity contribution in [1.29, 1.82) is 0 Å². The van der Waals surface area contributed by atoms with Gasteiger partial charge in [0.25, 0.3) is 5.91 Å². The zero-order chi connectivity index (χ0) is 15.9. The van der Waals surface area contributed by atoms with Crippen molar-refractivity contribution in [2.24, 2.45) is 0 Å². The SMILES string of the molecule is COc1cccc(C(CNC(=O)C2CNCCO2)N(C)C)c1.Cl.Cl. The molecule has 0 aliphatic carbocycles. The van der Waals surface area contributed by atoms with Gasteiger partial charge in [-0.25, -0.2) is 0 Å². The van der Waals surface area contributed by atoms with Gasteiger partial charge in [-0.05, 0) is 31.8 Å². The van der Waals surface area contributed by atoms with Crippen LogP contribution in [0.4, 0.5) is 0 Å². The third-order valence-corrected chi connectivity index (χ3v) is 3.79. The average Bonchev–Trinajstić information content (AvgIpc) is 2.55. The molecule has 1 fully saturated rings. The van der Waals surface area contributed by atoms with Gasteiger partial charge in [-0.3, -0.25) is 4.79 Å². The van der Waals surface area contributed by atoms with E-state index in [0.29, 0.717) is 19.7 Å². The first-order valence-electron chi connectivity index (χ1n) is 7.52. The van der Waals surface area contributed by atoms with E-state index in [1.54, 1.807) is 7.11 Å². The second-order valence-corrected chi connectivity index (χ2v) is 5.56. The summed E-state index contributed by atoms with van der Waals surface area (Å²) in [5, 5.41) is 6.14. The van der Waals surface area contributed by atoms with Gasteiger partial charge in [-0.1, -0.05) is 12.1 Å². The number of halogens is 2. The first kappa shape index (κ1) is 22.9. The second kappa shape index (κ2) is 11.5. The molecule has 1 amide bonds. The number of ether oxygens (including phenoxy) is 2. The van der Waals surface area contributed by atoms with Crippen molar-refractivity contribution in [2.75, 3.05) is 47.4 Å². The van der Waals surface area contributed by atoms with Crippen molar-refractivity contribution in [3.8, 4) is 5.75 Å². The number of rotatable bonds is 6. The predicted molar refractivity (Wildman–Crippen MR) is 99.5 cm³/mol. The molecule has 1 saturated heterocycles. The number of likely N-dealkylation sites (N-methyl/N-ethyl adjacent to an activating group) is 1. The molecule has 2 atom stereocenters. The van der Waals surface area contributed by atoms with Crippen LogP contribution in [0.15, 0.2) is 24.3 Å². The number of hydrogen-bond donors (Lipinski definition) is 2. The maximum Gasteiger partial charge on any atom is 0.250 e. The fraction of sp³-hybridized carbons (Fsp3) is 0.562. The Bertz CT molecular complexity index is 497. The average molecular weight is 380 g/mol. The monoisotopic (exact) mass is 379 g/mol. The van der Waals surface area contributed by atoms with Crippen LogP contribution in [0, 0.1) is 0 Å². The normalized spacial score (nSPS) is 18.1. The minimum Gasteiger partial charge on any atom is -0.497 e. The lowest BCUT2D eigenvalue weighted by Crippen LogP contribution is -2.49. The van der Waals surface area contributed by atoms with Crippen molar-refractivity contribution in [1.82, 2.24) is 15.5 Å². The van der Waals surface area contributed by atoms with E-state index in [1.807, 2.05) is 38.4 Å². The maximum atomic E-state index is 12.2. The third kappa shape index (κ3) is 6.45. The molecule has 0 saturated carbocycles. The summed E-state index contributed by atoms with van der Waals surface area (Å²) in [4.78, 5) is 14.2. The maximum absolute atomic E-state index is 12.2. The minimum atomic E-state index is -0.401. The highest BCUT2D eigenvalue weighted by Gasteiger charge is 2.23. The smallest absolute Gasteiger partial charge is 0.250 e. The second-order valence-electron chi connectivity index (χ2n) is 5.56. The standard InChI is InChI=1S/C16H25N3O3.2ClH/c1-19(2)14(12-5-4-6-13(9-12)21-3)10-18-16(20)15-11-17-7-8-22-15;;/h4-6,9,14-15,17H,7-8,10-11H2,1-3H3,(H,18,20);2*1H. The fourth-order valence-electron chi connectivity index (χ4n) is 2.49. The van der Waals surface area contributed by atoms with Crippen molar-refractivity contribution in [2.45, 2.75) is 12.1 Å². The lowest BCUT2D eigenvalue weighted by Gasteiger charge is -2.27. The van der Waals surface area contributed by atoms with Crippen LogP contribution in [-0.4, -0.2) is 64.4 Å². The van der Waals surface area contributed by atoms with E-state index >= 15 is 0 Å². The topological polar surface area (TPSA) is 62.8 Å². The summed E-state index contributed by atoms with van der Waals surface area (Å²) in [6.45, 7) is 2.47. The van der Waals surface area contributed by atoms with Crippen molar-refractivity contribution < 1.29 is 14.3 Å². The molecular formula is C16H27Cl2N3O3. The predicted octanol–water partition coefficient (Wildman–Crippen LogP) is 1.25. The number of carbonyl (C=O) groups excluding carboxylic acids is 1. The van der Waals surface area contributed by atoms with Gasteiger partial charge in [0.05, 0.1) is 19.8 Å². The number of amides is 1. The molecule has 0 radical (unpaired) electrons. The van der Waals surface area contributed by atoms with Crippen LogP contribution in [0.1, 0.15) is 11.6 Å². The summed E-state index contributed by atoms with van der Waals surface area (Å²) in [5.74, 6) is 0.748. The van der Waals surface area contributed by atoms with E-state index in [9.17, 15) is 4.79 Å². The summed E-state index contributed by atoms with van der Waals surface area (Å²) in [5.41, 5.74) is 1.10. The van der Waals surface area contributed by atoms with Gasteiger partial charge < -0.3 is 25.0 Å². The zero-order valence-electron chi connectivity index (χ0n) is 14.3. The quantitative estimate of drug-likeness (QED) is 0.778. The lowest BCUT2D eigenvalue weighted by atomic mass is 10.1. The largest absolute Gasteiger partial charge is 0.497 e. The van der Waals surface area contributed by atoms with Crippen LogP contribution in [0.5, 0.6) is 5.75 Å². The number of carbonyl (C=O) groups is 1. The highest BCUT2D eigenvalue weighted by Crippen LogP contribution is 2.22. The van der Waals surface area contributed by atoms with Gasteiger partial charge >= 0.3 is 0 Å². The van der Waals surface area contributed by atoms with Crippen LogP contribution in [0.25, 0.3) is 0 Å². The van der Waals surface area contributed by atoms with E-state index in [1.165, 1.54) is 0 Å². The number of nitrogens with one attached hydrogen (secondary N) is 2. The molecule has 24 heavy (non-hydrogen) atoms. The van der Waals surface area contributed by atoms with E-state index in [0.717, 1.165) is 17.9 Å². The number of methoxy groups -OCH3 is 1. The highest BCUT2D eigenvalue weighted by atomic mass is 35.5. The Kier molecular flexibility index (Phi) is 11.0. The first-order chi connectivity index (χ1) is 10.6. The van der Waals surface area contributed by atoms with Crippen molar-refractivity contribution in [3.63, 3.8) is 0 Å². The molecule has 138 valence electrons. The van der Waals surface area contributed by atoms with Crippen LogP contribution >= 0.6 is 24.8 Å².